The van der Waals surface area contributed by atoms with Crippen molar-refractivity contribution in [1.82, 2.24) is 0 Å². The van der Waals surface area contributed by atoms with Crippen molar-refractivity contribution in [2.24, 2.45) is 0 Å². The van der Waals surface area contributed by atoms with E-state index in [0.29, 0.717) is 24.0 Å². The molecule has 0 spiro atoms. The van der Waals surface area contributed by atoms with Crippen LogP contribution in [-0.2, 0) is 16.2 Å². The Kier molecular flexibility index (Phi) is 4.93. The van der Waals surface area contributed by atoms with Crippen LogP contribution in [0.25, 0.3) is 5.76 Å². The monoisotopic (exact) mass is 298 g/mol. The molecule has 22 heavy (non-hydrogen) atoms. The summed E-state index contributed by atoms with van der Waals surface area (Å²) >= 11 is 0. The number of benzene rings is 2. The molecule has 0 aromatic heterocycles. The summed E-state index contributed by atoms with van der Waals surface area (Å²) in [5.74, 6) is -2.59. The molecule has 0 radical (unpaired) electrons. The first-order valence-corrected chi connectivity index (χ1v) is 6.51. The van der Waals surface area contributed by atoms with Crippen LogP contribution in [0.3, 0.4) is 0 Å². The summed E-state index contributed by atoms with van der Waals surface area (Å²) in [4.78, 5) is 21.4. The summed E-state index contributed by atoms with van der Waals surface area (Å²) in [6, 6.07) is 16.0. The first-order valence-electron chi connectivity index (χ1n) is 6.51. The van der Waals surface area contributed by atoms with Crippen LogP contribution in [0.15, 0.2) is 60.7 Å². The van der Waals surface area contributed by atoms with Crippen molar-refractivity contribution in [2.45, 2.75) is 6.61 Å². The molecule has 112 valence electrons. The van der Waals surface area contributed by atoms with E-state index in [-0.39, 0.29) is 0 Å². The molecule has 2 rings (SSSR count). The molecule has 0 unspecified atom stereocenters. The van der Waals surface area contributed by atoms with Gasteiger partial charge in [-0.15, -0.1) is 0 Å². The lowest BCUT2D eigenvalue weighted by Crippen LogP contribution is -2.09. The zero-order chi connectivity index (χ0) is 15.9. The lowest BCUT2D eigenvalue weighted by atomic mass is 10.1. The number of carboxylic acid groups (broad SMARTS) is 1. The quantitative estimate of drug-likeness (QED) is 0.486. The normalized spacial score (nSPS) is 11.0. The number of hydrogen-bond donors (Lipinski definition) is 2. The molecule has 5 nitrogen and oxygen atoms in total. The molecule has 2 N–H and O–H groups in total. The minimum Gasteiger partial charge on any atom is -0.507 e. The minimum atomic E-state index is -1.62. The van der Waals surface area contributed by atoms with E-state index in [1.54, 1.807) is 24.3 Å². The summed E-state index contributed by atoms with van der Waals surface area (Å²) in [7, 11) is 0. The Labute approximate surface area is 127 Å². The van der Waals surface area contributed by atoms with Gasteiger partial charge in [-0.1, -0.05) is 30.3 Å². The van der Waals surface area contributed by atoms with E-state index in [1.165, 1.54) is 0 Å². The van der Waals surface area contributed by atoms with Crippen LogP contribution in [0.2, 0.25) is 0 Å². The van der Waals surface area contributed by atoms with Crippen molar-refractivity contribution in [3.05, 3.63) is 71.8 Å². The van der Waals surface area contributed by atoms with Crippen molar-refractivity contribution in [3.8, 4) is 5.75 Å². The predicted octanol–water partition coefficient (Wildman–Crippen LogP) is 2.82. The second-order valence-corrected chi connectivity index (χ2v) is 4.50. The van der Waals surface area contributed by atoms with Crippen LogP contribution >= 0.6 is 0 Å². The zero-order valence-electron chi connectivity index (χ0n) is 11.6. The predicted molar refractivity (Wildman–Crippen MR) is 80.5 cm³/mol. The fourth-order valence-corrected chi connectivity index (χ4v) is 1.73. The van der Waals surface area contributed by atoms with Crippen LogP contribution in [0.5, 0.6) is 5.75 Å². The molecule has 5 heteroatoms. The Morgan fingerprint density at radius 1 is 0.955 bits per heavy atom. The van der Waals surface area contributed by atoms with Gasteiger partial charge in [0, 0.05) is 11.6 Å². The SMILES string of the molecule is O=C(O)C(=O)/C=C(\O)c1ccc(OCc2ccccc2)cc1. The number of ketones is 1. The van der Waals surface area contributed by atoms with Crippen molar-refractivity contribution in [1.29, 1.82) is 0 Å². The van der Waals surface area contributed by atoms with E-state index >= 15 is 0 Å². The fraction of sp³-hybridized carbons (Fsp3) is 0.0588. The number of ether oxygens (including phenoxy) is 1. The molecular weight excluding hydrogens is 284 g/mol. The summed E-state index contributed by atoms with van der Waals surface area (Å²) < 4.78 is 5.58. The number of carbonyl (C=O) groups excluding carboxylic acids is 1. The molecule has 2 aromatic carbocycles. The highest BCUT2D eigenvalue weighted by Crippen LogP contribution is 2.18. The van der Waals surface area contributed by atoms with Gasteiger partial charge in [-0.25, -0.2) is 4.79 Å². The topological polar surface area (TPSA) is 83.8 Å². The molecule has 0 amide bonds. The third-order valence-corrected chi connectivity index (χ3v) is 2.88. The van der Waals surface area contributed by atoms with E-state index in [2.05, 4.69) is 0 Å². The van der Waals surface area contributed by atoms with Gasteiger partial charge in [-0.3, -0.25) is 4.79 Å². The van der Waals surface area contributed by atoms with Crippen LogP contribution in [0, 0.1) is 0 Å². The summed E-state index contributed by atoms with van der Waals surface area (Å²) in [6.45, 7) is 0.416. The number of carboxylic acids is 1. The Morgan fingerprint density at radius 3 is 2.18 bits per heavy atom. The minimum absolute atomic E-state index is 0.335. The number of hydrogen-bond acceptors (Lipinski definition) is 4. The van der Waals surface area contributed by atoms with Gasteiger partial charge in [0.1, 0.15) is 18.1 Å². The summed E-state index contributed by atoms with van der Waals surface area (Å²) in [5.41, 5.74) is 1.36. The lowest BCUT2D eigenvalue weighted by molar-refractivity contribution is -0.146. The van der Waals surface area contributed by atoms with Crippen LogP contribution in [0.4, 0.5) is 0 Å². The average Bonchev–Trinajstić information content (AvgIpc) is 2.54. The largest absolute Gasteiger partial charge is 0.507 e. The molecule has 0 aliphatic carbocycles. The maximum absolute atomic E-state index is 11.0. The molecule has 0 bridgehead atoms. The number of aliphatic hydroxyl groups is 1. The van der Waals surface area contributed by atoms with Crippen LogP contribution in [0.1, 0.15) is 11.1 Å². The third-order valence-electron chi connectivity index (χ3n) is 2.88. The zero-order valence-corrected chi connectivity index (χ0v) is 11.6. The Balaban J connectivity index is 2.01. The number of aliphatic carboxylic acids is 1. The van der Waals surface area contributed by atoms with E-state index in [4.69, 9.17) is 9.84 Å². The second-order valence-electron chi connectivity index (χ2n) is 4.50. The van der Waals surface area contributed by atoms with E-state index < -0.39 is 17.5 Å². The van der Waals surface area contributed by atoms with Gasteiger partial charge >= 0.3 is 5.97 Å². The van der Waals surface area contributed by atoms with Gasteiger partial charge in [0.25, 0.3) is 5.78 Å². The highest BCUT2D eigenvalue weighted by atomic mass is 16.5. The van der Waals surface area contributed by atoms with Gasteiger partial charge < -0.3 is 14.9 Å². The smallest absolute Gasteiger partial charge is 0.376 e. The molecule has 0 atom stereocenters. The molecule has 0 aliphatic rings. The second kappa shape index (κ2) is 7.08. The van der Waals surface area contributed by atoms with E-state index in [9.17, 15) is 14.7 Å². The van der Waals surface area contributed by atoms with Crippen molar-refractivity contribution >= 4 is 17.5 Å². The maximum Gasteiger partial charge on any atom is 0.376 e. The molecule has 0 aliphatic heterocycles. The first-order chi connectivity index (χ1) is 10.6. The maximum atomic E-state index is 11.0. The number of carbonyl (C=O) groups is 2. The molecule has 0 fully saturated rings. The van der Waals surface area contributed by atoms with E-state index in [1.807, 2.05) is 30.3 Å². The summed E-state index contributed by atoms with van der Waals surface area (Å²) in [6.07, 6.45) is 0.669. The van der Waals surface area contributed by atoms with Gasteiger partial charge in [0.05, 0.1) is 0 Å². The average molecular weight is 298 g/mol. The molecule has 0 heterocycles. The fourth-order valence-electron chi connectivity index (χ4n) is 1.73. The molecular formula is C17H14O5. The van der Waals surface area contributed by atoms with Crippen LogP contribution in [-0.4, -0.2) is 22.0 Å². The Bertz CT molecular complexity index is 687. The first kappa shape index (κ1) is 15.3. The lowest BCUT2D eigenvalue weighted by Gasteiger charge is -2.07. The van der Waals surface area contributed by atoms with Gasteiger partial charge in [0.15, 0.2) is 0 Å². The van der Waals surface area contributed by atoms with Crippen LogP contribution < -0.4 is 4.74 Å². The number of rotatable bonds is 6. The third kappa shape index (κ3) is 4.21. The standard InChI is InChI=1S/C17H14O5/c18-15(10-16(19)17(20)21)13-6-8-14(9-7-13)22-11-12-4-2-1-3-5-12/h1-10,18H,11H2,(H,20,21)/b15-10-. The summed E-state index contributed by atoms with van der Waals surface area (Å²) in [5, 5.41) is 18.1. The van der Waals surface area contributed by atoms with Gasteiger partial charge in [-0.05, 0) is 29.8 Å². The highest BCUT2D eigenvalue weighted by molar-refractivity contribution is 6.38. The molecule has 2 aromatic rings. The van der Waals surface area contributed by atoms with Crippen molar-refractivity contribution in [2.75, 3.05) is 0 Å². The Hall–Kier alpha value is -3.08. The highest BCUT2D eigenvalue weighted by Gasteiger charge is 2.10. The molecule has 0 saturated heterocycles. The van der Waals surface area contributed by atoms with Gasteiger partial charge in [0.2, 0.25) is 0 Å². The Morgan fingerprint density at radius 2 is 1.59 bits per heavy atom. The van der Waals surface area contributed by atoms with Gasteiger partial charge in [-0.2, -0.15) is 0 Å². The van der Waals surface area contributed by atoms with Crippen molar-refractivity contribution < 1.29 is 24.5 Å². The van der Waals surface area contributed by atoms with Crippen molar-refractivity contribution in [3.63, 3.8) is 0 Å². The number of aliphatic hydroxyl groups excluding tert-OH is 1. The van der Waals surface area contributed by atoms with E-state index in [0.717, 1.165) is 5.56 Å². The molecule has 0 saturated carbocycles.